The van der Waals surface area contributed by atoms with Crippen molar-refractivity contribution in [1.82, 2.24) is 0 Å². The smallest absolute Gasteiger partial charge is 0.0623 e. The van der Waals surface area contributed by atoms with E-state index in [9.17, 15) is 0 Å². The van der Waals surface area contributed by atoms with E-state index in [1.165, 1.54) is 37.4 Å². The second-order valence-electron chi connectivity index (χ2n) is 7.02. The Morgan fingerprint density at radius 1 is 0.462 bits per heavy atom. The van der Waals surface area contributed by atoms with Gasteiger partial charge in [-0.2, -0.15) is 0 Å². The van der Waals surface area contributed by atoms with Crippen LogP contribution in [0.2, 0.25) is 0 Å². The first-order valence-corrected chi connectivity index (χ1v) is 11.1. The van der Waals surface area contributed by atoms with Crippen LogP contribution >= 0.6 is 0 Å². The van der Waals surface area contributed by atoms with Crippen LogP contribution in [0.25, 0.3) is 11.1 Å². The van der Waals surface area contributed by atoms with Crippen molar-refractivity contribution < 1.29 is 0 Å². The standard InChI is InChI=1S/C25H20Si/c1-19-11-5-8-16-23(19)26(20-12-3-2-4-13-20)24-17-9-6-14-21(24)22-15-7-10-18-25(22)26/h2-18H,1H3. The number of hydrogen-bond acceptors (Lipinski definition) is 0. The molecular weight excluding hydrogens is 328 g/mol. The number of hydrogen-bond donors (Lipinski definition) is 0. The molecule has 0 atom stereocenters. The molecule has 0 fully saturated rings. The number of aryl methyl sites for hydroxylation is 1. The largest absolute Gasteiger partial charge is 0.181 e. The summed E-state index contributed by atoms with van der Waals surface area (Å²) in [4.78, 5) is 0. The molecule has 0 radical (unpaired) electrons. The van der Waals surface area contributed by atoms with E-state index in [2.05, 4.69) is 110 Å². The van der Waals surface area contributed by atoms with E-state index in [4.69, 9.17) is 0 Å². The Morgan fingerprint density at radius 3 is 1.50 bits per heavy atom. The third kappa shape index (κ3) is 1.95. The second-order valence-corrected chi connectivity index (χ2v) is 10.7. The molecule has 0 saturated heterocycles. The quantitative estimate of drug-likeness (QED) is 0.429. The predicted molar refractivity (Wildman–Crippen MR) is 114 cm³/mol. The van der Waals surface area contributed by atoms with Gasteiger partial charge in [0, 0.05) is 0 Å². The van der Waals surface area contributed by atoms with Gasteiger partial charge in [-0.25, -0.2) is 0 Å². The molecule has 5 rings (SSSR count). The molecule has 0 amide bonds. The van der Waals surface area contributed by atoms with E-state index in [1.54, 1.807) is 0 Å². The molecule has 0 bridgehead atoms. The zero-order valence-corrected chi connectivity index (χ0v) is 15.8. The van der Waals surface area contributed by atoms with Crippen LogP contribution in [0, 0.1) is 6.92 Å². The van der Waals surface area contributed by atoms with Crippen molar-refractivity contribution in [2.24, 2.45) is 0 Å². The number of fused-ring (bicyclic) bond motifs is 3. The van der Waals surface area contributed by atoms with Crippen LogP contribution in [0.3, 0.4) is 0 Å². The normalized spacial score (nSPS) is 13.9. The van der Waals surface area contributed by atoms with Crippen molar-refractivity contribution in [2.75, 3.05) is 0 Å². The molecule has 1 aliphatic heterocycles. The van der Waals surface area contributed by atoms with Crippen LogP contribution in [-0.4, -0.2) is 8.07 Å². The van der Waals surface area contributed by atoms with Crippen molar-refractivity contribution in [3.63, 3.8) is 0 Å². The van der Waals surface area contributed by atoms with Crippen molar-refractivity contribution >= 4 is 28.8 Å². The predicted octanol–water partition coefficient (Wildman–Crippen LogP) is 3.35. The van der Waals surface area contributed by atoms with E-state index < -0.39 is 8.07 Å². The summed E-state index contributed by atoms with van der Waals surface area (Å²) in [5.74, 6) is 0. The van der Waals surface area contributed by atoms with Crippen molar-refractivity contribution in [3.8, 4) is 11.1 Å². The zero-order chi connectivity index (χ0) is 17.6. The third-order valence-electron chi connectivity index (χ3n) is 5.71. The molecule has 124 valence electrons. The Hall–Kier alpha value is -2.90. The van der Waals surface area contributed by atoms with E-state index in [1.807, 2.05) is 0 Å². The maximum atomic E-state index is 2.36. The minimum atomic E-state index is -2.27. The molecule has 4 aromatic carbocycles. The lowest BCUT2D eigenvalue weighted by Gasteiger charge is -2.32. The van der Waals surface area contributed by atoms with Crippen LogP contribution in [0.4, 0.5) is 0 Å². The molecule has 1 heteroatoms. The molecule has 0 aromatic heterocycles. The molecular formula is C25H20Si. The van der Waals surface area contributed by atoms with Gasteiger partial charge in [0.1, 0.15) is 0 Å². The fourth-order valence-electron chi connectivity index (χ4n) is 4.67. The van der Waals surface area contributed by atoms with Crippen molar-refractivity contribution in [3.05, 3.63) is 109 Å². The maximum absolute atomic E-state index is 2.36. The molecule has 1 aliphatic rings. The summed E-state index contributed by atoms with van der Waals surface area (Å²) in [6.45, 7) is 2.26. The van der Waals surface area contributed by atoms with E-state index >= 15 is 0 Å². The summed E-state index contributed by atoms with van der Waals surface area (Å²) in [5.41, 5.74) is 4.19. The van der Waals surface area contributed by atoms with Gasteiger partial charge >= 0.3 is 0 Å². The highest BCUT2D eigenvalue weighted by atomic mass is 28.3. The van der Waals surface area contributed by atoms with Gasteiger partial charge in [-0.3, -0.25) is 0 Å². The molecule has 26 heavy (non-hydrogen) atoms. The Kier molecular flexibility index (Phi) is 3.44. The van der Waals surface area contributed by atoms with Gasteiger partial charge < -0.3 is 0 Å². The molecule has 0 aliphatic carbocycles. The molecule has 0 N–H and O–H groups in total. The maximum Gasteiger partial charge on any atom is 0.181 e. The lowest BCUT2D eigenvalue weighted by Crippen LogP contribution is -2.73. The average Bonchev–Trinajstić information content (AvgIpc) is 3.01. The third-order valence-corrected chi connectivity index (χ3v) is 10.8. The topological polar surface area (TPSA) is 0 Å². The van der Waals surface area contributed by atoms with Crippen LogP contribution in [-0.2, 0) is 0 Å². The molecule has 0 spiro atoms. The Labute approximate surface area is 155 Å². The van der Waals surface area contributed by atoms with Crippen LogP contribution in [0.5, 0.6) is 0 Å². The van der Waals surface area contributed by atoms with Gasteiger partial charge in [0.2, 0.25) is 0 Å². The molecule has 1 heterocycles. The highest BCUT2D eigenvalue weighted by Gasteiger charge is 2.48. The summed E-state index contributed by atoms with van der Waals surface area (Å²) in [6, 6.07) is 38.2. The fraction of sp³-hybridized carbons (Fsp3) is 0.0400. The van der Waals surface area contributed by atoms with Crippen LogP contribution < -0.4 is 20.7 Å². The SMILES string of the molecule is Cc1ccccc1[Si]1(c2ccccc2)c2ccccc2-c2ccccc21. The van der Waals surface area contributed by atoms with Gasteiger partial charge in [-0.05, 0) is 38.8 Å². The molecule has 0 unspecified atom stereocenters. The molecule has 0 nitrogen and oxygen atoms in total. The van der Waals surface area contributed by atoms with E-state index in [0.29, 0.717) is 0 Å². The monoisotopic (exact) mass is 348 g/mol. The highest BCUT2D eigenvalue weighted by molar-refractivity contribution is 7.22. The van der Waals surface area contributed by atoms with Gasteiger partial charge in [-0.1, -0.05) is 109 Å². The van der Waals surface area contributed by atoms with Crippen LogP contribution in [0.15, 0.2) is 103 Å². The van der Waals surface area contributed by atoms with Gasteiger partial charge in [0.15, 0.2) is 8.07 Å². The first kappa shape index (κ1) is 15.4. The van der Waals surface area contributed by atoms with Crippen LogP contribution in [0.1, 0.15) is 5.56 Å². The Morgan fingerprint density at radius 2 is 0.923 bits per heavy atom. The molecule has 0 saturated carbocycles. The Bertz CT molecular complexity index is 1050. The van der Waals surface area contributed by atoms with Gasteiger partial charge in [-0.15, -0.1) is 0 Å². The zero-order valence-electron chi connectivity index (χ0n) is 14.8. The lowest BCUT2D eigenvalue weighted by atomic mass is 10.1. The summed E-state index contributed by atoms with van der Waals surface area (Å²) in [5, 5.41) is 6.00. The van der Waals surface area contributed by atoms with Gasteiger partial charge in [0.05, 0.1) is 0 Å². The average molecular weight is 349 g/mol. The minimum absolute atomic E-state index is 1.38. The summed E-state index contributed by atoms with van der Waals surface area (Å²) < 4.78 is 0. The first-order valence-electron chi connectivity index (χ1n) is 9.14. The van der Waals surface area contributed by atoms with Crippen molar-refractivity contribution in [1.29, 1.82) is 0 Å². The summed E-state index contributed by atoms with van der Waals surface area (Å²) >= 11 is 0. The van der Waals surface area contributed by atoms with E-state index in [0.717, 1.165) is 0 Å². The first-order chi connectivity index (χ1) is 12.8. The number of benzene rings is 4. The molecule has 4 aromatic rings. The second kappa shape index (κ2) is 5.82. The summed E-state index contributed by atoms with van der Waals surface area (Å²) in [7, 11) is -2.27. The Balaban J connectivity index is 2.00. The van der Waals surface area contributed by atoms with Gasteiger partial charge in [0.25, 0.3) is 0 Å². The fourth-order valence-corrected chi connectivity index (χ4v) is 10.1. The highest BCUT2D eigenvalue weighted by Crippen LogP contribution is 2.28. The lowest BCUT2D eigenvalue weighted by molar-refractivity contribution is 1.50. The number of rotatable bonds is 2. The van der Waals surface area contributed by atoms with E-state index in [-0.39, 0.29) is 0 Å². The van der Waals surface area contributed by atoms with Crippen molar-refractivity contribution in [2.45, 2.75) is 6.92 Å². The minimum Gasteiger partial charge on any atom is -0.0623 e. The summed E-state index contributed by atoms with van der Waals surface area (Å²) in [6.07, 6.45) is 0.